The number of carbonyl (C=O) groups is 1. The lowest BCUT2D eigenvalue weighted by molar-refractivity contribution is 0.0185. The molecular formula is C21H25N3O3. The molecule has 6 nitrogen and oxygen atoms in total. The van der Waals surface area contributed by atoms with Gasteiger partial charge in [-0.15, -0.1) is 0 Å². The number of pyridine rings is 1. The van der Waals surface area contributed by atoms with Crippen LogP contribution in [0, 0.1) is 0 Å². The van der Waals surface area contributed by atoms with Crippen LogP contribution in [0.4, 0.5) is 0 Å². The molecule has 1 aromatic heterocycles. The van der Waals surface area contributed by atoms with Gasteiger partial charge in [0.1, 0.15) is 12.4 Å². The molecule has 2 fully saturated rings. The highest BCUT2D eigenvalue weighted by Gasteiger charge is 2.31. The Balaban J connectivity index is 1.36. The minimum absolute atomic E-state index is 0.0811. The number of morpholine rings is 1. The molecule has 3 heterocycles. The molecule has 142 valence electrons. The van der Waals surface area contributed by atoms with Crippen molar-refractivity contribution in [1.82, 2.24) is 14.8 Å². The summed E-state index contributed by atoms with van der Waals surface area (Å²) >= 11 is 0. The summed E-state index contributed by atoms with van der Waals surface area (Å²) in [7, 11) is 0. The maximum absolute atomic E-state index is 12.9. The Bertz CT molecular complexity index is 762. The van der Waals surface area contributed by atoms with Crippen molar-refractivity contribution in [2.24, 2.45) is 0 Å². The van der Waals surface area contributed by atoms with E-state index in [1.807, 2.05) is 41.3 Å². The highest BCUT2D eigenvalue weighted by molar-refractivity contribution is 5.94. The summed E-state index contributed by atoms with van der Waals surface area (Å²) in [6.07, 6.45) is 4.55. The third-order valence-corrected chi connectivity index (χ3v) is 5.22. The van der Waals surface area contributed by atoms with Crippen molar-refractivity contribution in [2.75, 3.05) is 39.4 Å². The van der Waals surface area contributed by atoms with Crippen LogP contribution in [0.5, 0.6) is 5.75 Å². The number of rotatable bonds is 5. The van der Waals surface area contributed by atoms with Crippen LogP contribution in [-0.2, 0) is 11.3 Å². The molecule has 1 amide bonds. The van der Waals surface area contributed by atoms with Crippen LogP contribution in [-0.4, -0.2) is 66.1 Å². The van der Waals surface area contributed by atoms with Gasteiger partial charge in [0.05, 0.1) is 13.2 Å². The zero-order valence-electron chi connectivity index (χ0n) is 15.4. The molecule has 0 radical (unpaired) electrons. The second-order valence-corrected chi connectivity index (χ2v) is 7.02. The summed E-state index contributed by atoms with van der Waals surface area (Å²) in [6, 6.07) is 11.8. The molecule has 0 N–H and O–H groups in total. The zero-order valence-corrected chi connectivity index (χ0v) is 15.4. The predicted molar refractivity (Wildman–Crippen MR) is 102 cm³/mol. The lowest BCUT2D eigenvalue weighted by Crippen LogP contribution is -2.45. The van der Waals surface area contributed by atoms with Gasteiger partial charge in [0.2, 0.25) is 0 Å². The Kier molecular flexibility index (Phi) is 5.65. The summed E-state index contributed by atoms with van der Waals surface area (Å²) in [6.45, 7) is 5.55. The van der Waals surface area contributed by atoms with E-state index in [0.29, 0.717) is 24.0 Å². The van der Waals surface area contributed by atoms with E-state index in [9.17, 15) is 4.79 Å². The largest absolute Gasteiger partial charge is 0.489 e. The van der Waals surface area contributed by atoms with Crippen molar-refractivity contribution in [3.63, 3.8) is 0 Å². The molecule has 6 heteroatoms. The second kappa shape index (κ2) is 8.50. The van der Waals surface area contributed by atoms with Crippen molar-refractivity contribution in [3.05, 3.63) is 59.9 Å². The highest BCUT2D eigenvalue weighted by atomic mass is 16.5. The minimum Gasteiger partial charge on any atom is -0.489 e. The summed E-state index contributed by atoms with van der Waals surface area (Å²) < 4.78 is 11.3. The number of ether oxygens (including phenoxy) is 2. The Labute approximate surface area is 159 Å². The van der Waals surface area contributed by atoms with Gasteiger partial charge < -0.3 is 14.4 Å². The molecule has 0 spiro atoms. The van der Waals surface area contributed by atoms with Crippen LogP contribution < -0.4 is 4.74 Å². The molecule has 0 aliphatic carbocycles. The number of carbonyl (C=O) groups excluding carboxylic acids is 1. The molecule has 2 aromatic rings. The maximum atomic E-state index is 12.9. The maximum Gasteiger partial charge on any atom is 0.254 e. The van der Waals surface area contributed by atoms with Crippen LogP contribution in [0.2, 0.25) is 0 Å². The number of benzene rings is 1. The zero-order chi connectivity index (χ0) is 18.5. The van der Waals surface area contributed by atoms with Crippen molar-refractivity contribution >= 4 is 5.91 Å². The second-order valence-electron chi connectivity index (χ2n) is 7.02. The number of nitrogens with zero attached hydrogens (tertiary/aromatic N) is 3. The fourth-order valence-corrected chi connectivity index (χ4v) is 3.72. The van der Waals surface area contributed by atoms with Crippen molar-refractivity contribution in [1.29, 1.82) is 0 Å². The van der Waals surface area contributed by atoms with Crippen molar-refractivity contribution in [2.45, 2.75) is 19.1 Å². The molecular weight excluding hydrogens is 342 g/mol. The van der Waals surface area contributed by atoms with Gasteiger partial charge in [-0.25, -0.2) is 0 Å². The molecule has 0 unspecified atom stereocenters. The van der Waals surface area contributed by atoms with E-state index in [-0.39, 0.29) is 5.91 Å². The highest BCUT2D eigenvalue weighted by Crippen LogP contribution is 2.21. The number of amides is 1. The first-order chi connectivity index (χ1) is 13.3. The summed E-state index contributed by atoms with van der Waals surface area (Å²) in [4.78, 5) is 21.4. The van der Waals surface area contributed by atoms with Gasteiger partial charge in [-0.2, -0.15) is 0 Å². The smallest absolute Gasteiger partial charge is 0.254 e. The van der Waals surface area contributed by atoms with Crippen LogP contribution >= 0.6 is 0 Å². The van der Waals surface area contributed by atoms with Crippen molar-refractivity contribution < 1.29 is 14.3 Å². The number of aromatic nitrogens is 1. The SMILES string of the molecule is O=C(c1cccc(OCc2cccnc2)c1)N1CC[C@H](N2CCOCC2)C1. The first-order valence-corrected chi connectivity index (χ1v) is 9.52. The lowest BCUT2D eigenvalue weighted by atomic mass is 10.2. The van der Waals surface area contributed by atoms with E-state index >= 15 is 0 Å². The quantitative estimate of drug-likeness (QED) is 0.811. The number of hydrogen-bond acceptors (Lipinski definition) is 5. The third kappa shape index (κ3) is 4.46. The topological polar surface area (TPSA) is 54.9 Å². The molecule has 0 saturated carbocycles. The van der Waals surface area contributed by atoms with Gasteiger partial charge in [-0.3, -0.25) is 14.7 Å². The van der Waals surface area contributed by atoms with E-state index in [0.717, 1.165) is 51.4 Å². The Morgan fingerprint density at radius 2 is 2.07 bits per heavy atom. The van der Waals surface area contributed by atoms with Gasteiger partial charge in [0.25, 0.3) is 5.91 Å². The number of hydrogen-bond donors (Lipinski definition) is 0. The van der Waals surface area contributed by atoms with Gasteiger partial charge in [0, 0.05) is 55.7 Å². The minimum atomic E-state index is 0.0811. The fourth-order valence-electron chi connectivity index (χ4n) is 3.72. The Hall–Kier alpha value is -2.44. The van der Waals surface area contributed by atoms with Gasteiger partial charge in [-0.05, 0) is 30.7 Å². The Morgan fingerprint density at radius 3 is 2.89 bits per heavy atom. The van der Waals surface area contributed by atoms with Gasteiger partial charge >= 0.3 is 0 Å². The van der Waals surface area contributed by atoms with Crippen LogP contribution in [0.1, 0.15) is 22.3 Å². The van der Waals surface area contributed by atoms with E-state index in [2.05, 4.69) is 9.88 Å². The van der Waals surface area contributed by atoms with E-state index in [1.165, 1.54) is 0 Å². The molecule has 27 heavy (non-hydrogen) atoms. The lowest BCUT2D eigenvalue weighted by Gasteiger charge is -2.32. The fraction of sp³-hybridized carbons (Fsp3) is 0.429. The number of likely N-dealkylation sites (tertiary alicyclic amines) is 1. The first-order valence-electron chi connectivity index (χ1n) is 9.52. The third-order valence-electron chi connectivity index (χ3n) is 5.22. The van der Waals surface area contributed by atoms with Crippen LogP contribution in [0.3, 0.4) is 0 Å². The van der Waals surface area contributed by atoms with E-state index in [4.69, 9.17) is 9.47 Å². The normalized spacial score (nSPS) is 20.6. The monoisotopic (exact) mass is 367 g/mol. The molecule has 2 aliphatic heterocycles. The van der Waals surface area contributed by atoms with E-state index in [1.54, 1.807) is 12.4 Å². The van der Waals surface area contributed by atoms with Gasteiger partial charge in [0.15, 0.2) is 0 Å². The molecule has 4 rings (SSSR count). The van der Waals surface area contributed by atoms with Crippen molar-refractivity contribution in [3.8, 4) is 5.75 Å². The molecule has 2 aliphatic rings. The van der Waals surface area contributed by atoms with Crippen LogP contribution in [0.15, 0.2) is 48.8 Å². The van der Waals surface area contributed by atoms with Gasteiger partial charge in [-0.1, -0.05) is 12.1 Å². The standard InChI is InChI=1S/C21H25N3O3/c25-21(24-8-6-19(15-24)23-9-11-26-12-10-23)18-4-1-5-20(13-18)27-16-17-3-2-7-22-14-17/h1-5,7,13-14,19H,6,8-12,15-16H2/t19-/m0/s1. The summed E-state index contributed by atoms with van der Waals surface area (Å²) in [5.41, 5.74) is 1.68. The molecule has 1 aromatic carbocycles. The summed E-state index contributed by atoms with van der Waals surface area (Å²) in [5.74, 6) is 0.784. The first kappa shape index (κ1) is 17.9. The Morgan fingerprint density at radius 1 is 1.19 bits per heavy atom. The summed E-state index contributed by atoms with van der Waals surface area (Å²) in [5, 5.41) is 0. The molecule has 1 atom stereocenters. The average molecular weight is 367 g/mol. The average Bonchev–Trinajstić information content (AvgIpc) is 3.24. The van der Waals surface area contributed by atoms with Crippen LogP contribution in [0.25, 0.3) is 0 Å². The molecule has 0 bridgehead atoms. The predicted octanol–water partition coefficient (Wildman–Crippen LogP) is 2.21. The van der Waals surface area contributed by atoms with E-state index < -0.39 is 0 Å². The molecule has 2 saturated heterocycles.